The van der Waals surface area contributed by atoms with Gasteiger partial charge in [0.2, 0.25) is 0 Å². The summed E-state index contributed by atoms with van der Waals surface area (Å²) in [6, 6.07) is 8.14. The Labute approximate surface area is 106 Å². The van der Waals surface area contributed by atoms with Crippen LogP contribution < -0.4 is 0 Å². The molecule has 0 unspecified atom stereocenters. The SMILES string of the molecule is Cc1ccc(-c2nc(Cl)c(CCO)n2C)cc1. The van der Waals surface area contributed by atoms with E-state index < -0.39 is 0 Å². The van der Waals surface area contributed by atoms with Crippen molar-refractivity contribution in [3.05, 3.63) is 40.7 Å². The molecule has 0 aliphatic rings. The standard InChI is InChI=1S/C13H15ClN2O/c1-9-3-5-10(6-4-9)13-15-12(14)11(7-8-17)16(13)2/h3-6,17H,7-8H2,1-2H3. The summed E-state index contributed by atoms with van der Waals surface area (Å²) in [7, 11) is 1.92. The summed E-state index contributed by atoms with van der Waals surface area (Å²) in [5.74, 6) is 0.832. The second-order valence-electron chi connectivity index (χ2n) is 4.07. The molecule has 0 radical (unpaired) electrons. The molecular weight excluding hydrogens is 236 g/mol. The van der Waals surface area contributed by atoms with Gasteiger partial charge < -0.3 is 9.67 Å². The number of imidazole rings is 1. The molecule has 0 atom stereocenters. The summed E-state index contributed by atoms with van der Waals surface area (Å²) in [6.45, 7) is 2.12. The van der Waals surface area contributed by atoms with E-state index in [9.17, 15) is 0 Å². The number of hydrogen-bond acceptors (Lipinski definition) is 2. The number of aliphatic hydroxyl groups excluding tert-OH is 1. The zero-order valence-corrected chi connectivity index (χ0v) is 10.7. The van der Waals surface area contributed by atoms with E-state index in [4.69, 9.17) is 16.7 Å². The van der Waals surface area contributed by atoms with Gasteiger partial charge >= 0.3 is 0 Å². The maximum Gasteiger partial charge on any atom is 0.151 e. The molecule has 0 fully saturated rings. The number of aromatic nitrogens is 2. The first kappa shape index (κ1) is 12.1. The van der Waals surface area contributed by atoms with Gasteiger partial charge in [0.1, 0.15) is 5.82 Å². The van der Waals surface area contributed by atoms with E-state index in [1.165, 1.54) is 5.56 Å². The van der Waals surface area contributed by atoms with Crippen molar-refractivity contribution in [2.24, 2.45) is 7.05 Å². The molecule has 2 rings (SSSR count). The molecule has 1 N–H and O–H groups in total. The van der Waals surface area contributed by atoms with Gasteiger partial charge in [-0.05, 0) is 6.92 Å². The van der Waals surface area contributed by atoms with Crippen LogP contribution in [0.4, 0.5) is 0 Å². The second-order valence-corrected chi connectivity index (χ2v) is 4.43. The molecule has 1 aromatic heterocycles. The van der Waals surface area contributed by atoms with Gasteiger partial charge in [0.15, 0.2) is 5.15 Å². The van der Waals surface area contributed by atoms with E-state index >= 15 is 0 Å². The van der Waals surface area contributed by atoms with Crippen LogP contribution in [0.1, 0.15) is 11.3 Å². The lowest BCUT2D eigenvalue weighted by Crippen LogP contribution is -2.01. The number of rotatable bonds is 3. The molecule has 1 aromatic carbocycles. The Morgan fingerprint density at radius 1 is 1.29 bits per heavy atom. The van der Waals surface area contributed by atoms with Crippen molar-refractivity contribution in [3.63, 3.8) is 0 Å². The molecule has 0 bridgehead atoms. The third kappa shape index (κ3) is 2.35. The molecule has 3 nitrogen and oxygen atoms in total. The maximum atomic E-state index is 8.99. The molecule has 90 valence electrons. The average molecular weight is 251 g/mol. The van der Waals surface area contributed by atoms with E-state index in [1.807, 2.05) is 42.8 Å². The zero-order chi connectivity index (χ0) is 12.4. The summed E-state index contributed by atoms with van der Waals surface area (Å²) in [5.41, 5.74) is 3.11. The fraction of sp³-hybridized carbons (Fsp3) is 0.308. The molecule has 0 spiro atoms. The van der Waals surface area contributed by atoms with Gasteiger partial charge in [-0.25, -0.2) is 4.98 Å². The highest BCUT2D eigenvalue weighted by molar-refractivity contribution is 6.30. The fourth-order valence-corrected chi connectivity index (χ4v) is 2.14. The average Bonchev–Trinajstić information content (AvgIpc) is 2.59. The van der Waals surface area contributed by atoms with Gasteiger partial charge in [-0.2, -0.15) is 0 Å². The van der Waals surface area contributed by atoms with Gasteiger partial charge in [-0.15, -0.1) is 0 Å². The number of benzene rings is 1. The third-order valence-electron chi connectivity index (χ3n) is 2.82. The van der Waals surface area contributed by atoms with Crippen LogP contribution in [0.25, 0.3) is 11.4 Å². The third-order valence-corrected chi connectivity index (χ3v) is 3.13. The van der Waals surface area contributed by atoms with Gasteiger partial charge in [0.25, 0.3) is 0 Å². The minimum Gasteiger partial charge on any atom is -0.396 e. The van der Waals surface area contributed by atoms with E-state index in [-0.39, 0.29) is 6.61 Å². The molecule has 0 aliphatic heterocycles. The van der Waals surface area contributed by atoms with Crippen molar-refractivity contribution in [1.29, 1.82) is 0 Å². The van der Waals surface area contributed by atoms with Crippen molar-refractivity contribution in [2.45, 2.75) is 13.3 Å². The van der Waals surface area contributed by atoms with Crippen molar-refractivity contribution in [2.75, 3.05) is 6.61 Å². The number of nitrogens with zero attached hydrogens (tertiary/aromatic N) is 2. The van der Waals surface area contributed by atoms with Gasteiger partial charge in [0, 0.05) is 25.6 Å². The Hall–Kier alpha value is -1.32. The molecule has 1 heterocycles. The molecule has 0 saturated carbocycles. The van der Waals surface area contributed by atoms with E-state index in [1.54, 1.807) is 0 Å². The molecule has 17 heavy (non-hydrogen) atoms. The predicted molar refractivity (Wildman–Crippen MR) is 69.2 cm³/mol. The van der Waals surface area contributed by atoms with E-state index in [2.05, 4.69) is 4.98 Å². The van der Waals surface area contributed by atoms with Crippen LogP contribution in [0.15, 0.2) is 24.3 Å². The molecule has 0 saturated heterocycles. The Kier molecular flexibility index (Phi) is 3.50. The van der Waals surface area contributed by atoms with E-state index in [0.29, 0.717) is 11.6 Å². The highest BCUT2D eigenvalue weighted by atomic mass is 35.5. The van der Waals surface area contributed by atoms with Crippen LogP contribution in [0.5, 0.6) is 0 Å². The maximum absolute atomic E-state index is 8.99. The lowest BCUT2D eigenvalue weighted by Gasteiger charge is -2.05. The quantitative estimate of drug-likeness (QED) is 0.909. The largest absolute Gasteiger partial charge is 0.396 e. The smallest absolute Gasteiger partial charge is 0.151 e. The van der Waals surface area contributed by atoms with Gasteiger partial charge in [0.05, 0.1) is 5.69 Å². The summed E-state index contributed by atoms with van der Waals surface area (Å²) >= 11 is 6.07. The number of halogens is 1. The molecule has 0 amide bonds. The van der Waals surface area contributed by atoms with E-state index in [0.717, 1.165) is 17.1 Å². The summed E-state index contributed by atoms with van der Waals surface area (Å²) in [5, 5.41) is 9.45. The minimum atomic E-state index is 0.0760. The van der Waals surface area contributed by atoms with Gasteiger partial charge in [-0.1, -0.05) is 41.4 Å². The normalized spacial score (nSPS) is 10.8. The zero-order valence-electron chi connectivity index (χ0n) is 9.94. The predicted octanol–water partition coefficient (Wildman–Crippen LogP) is 2.58. The van der Waals surface area contributed by atoms with Crippen molar-refractivity contribution >= 4 is 11.6 Å². The Balaban J connectivity index is 2.46. The fourth-order valence-electron chi connectivity index (χ4n) is 1.84. The number of hydrogen-bond donors (Lipinski definition) is 1. The number of aryl methyl sites for hydroxylation is 1. The monoisotopic (exact) mass is 250 g/mol. The summed E-state index contributed by atoms with van der Waals surface area (Å²) in [4.78, 5) is 4.35. The first-order chi connectivity index (χ1) is 8.13. The van der Waals surface area contributed by atoms with Crippen molar-refractivity contribution in [1.82, 2.24) is 9.55 Å². The minimum absolute atomic E-state index is 0.0760. The summed E-state index contributed by atoms with van der Waals surface area (Å²) < 4.78 is 1.93. The second kappa shape index (κ2) is 4.90. The molecule has 2 aromatic rings. The Morgan fingerprint density at radius 3 is 2.53 bits per heavy atom. The van der Waals surface area contributed by atoms with Gasteiger partial charge in [-0.3, -0.25) is 0 Å². The van der Waals surface area contributed by atoms with Crippen LogP contribution >= 0.6 is 11.6 Å². The Bertz CT molecular complexity index is 517. The van der Waals surface area contributed by atoms with Crippen LogP contribution in [-0.4, -0.2) is 21.3 Å². The highest BCUT2D eigenvalue weighted by Crippen LogP contribution is 2.24. The molecule has 0 aliphatic carbocycles. The lowest BCUT2D eigenvalue weighted by atomic mass is 10.1. The lowest BCUT2D eigenvalue weighted by molar-refractivity contribution is 0.297. The van der Waals surface area contributed by atoms with Crippen molar-refractivity contribution in [3.8, 4) is 11.4 Å². The van der Waals surface area contributed by atoms with Crippen LogP contribution in [0.2, 0.25) is 5.15 Å². The number of aliphatic hydroxyl groups is 1. The molecular formula is C13H15ClN2O. The Morgan fingerprint density at radius 2 is 1.94 bits per heavy atom. The molecule has 4 heteroatoms. The highest BCUT2D eigenvalue weighted by Gasteiger charge is 2.13. The topological polar surface area (TPSA) is 38.1 Å². The first-order valence-electron chi connectivity index (χ1n) is 5.52. The van der Waals surface area contributed by atoms with Crippen molar-refractivity contribution < 1.29 is 5.11 Å². The van der Waals surface area contributed by atoms with Crippen LogP contribution in [0.3, 0.4) is 0 Å². The summed E-state index contributed by atoms with van der Waals surface area (Å²) in [6.07, 6.45) is 0.522. The van der Waals surface area contributed by atoms with Crippen LogP contribution in [-0.2, 0) is 13.5 Å². The first-order valence-corrected chi connectivity index (χ1v) is 5.90. The van der Waals surface area contributed by atoms with Crippen LogP contribution in [0, 0.1) is 6.92 Å².